The van der Waals surface area contributed by atoms with Gasteiger partial charge < -0.3 is 14.8 Å². The summed E-state index contributed by atoms with van der Waals surface area (Å²) in [6, 6.07) is 0. The fraction of sp³-hybridized carbons (Fsp3) is 0.231. The van der Waals surface area contributed by atoms with Crippen LogP contribution in [0.1, 0.15) is 11.9 Å². The molecule has 4 rings (SSSR count). The quantitative estimate of drug-likeness (QED) is 0.348. The smallest absolute Gasteiger partial charge is 0.343 e. The van der Waals surface area contributed by atoms with Gasteiger partial charge in [0.1, 0.15) is 12.4 Å². The summed E-state index contributed by atoms with van der Waals surface area (Å²) in [6.45, 7) is -0.662. The number of aromatic nitrogens is 5. The summed E-state index contributed by atoms with van der Waals surface area (Å²) in [5.74, 6) is -2.02. The fourth-order valence-corrected chi connectivity index (χ4v) is 2.97. The second-order valence-electron chi connectivity index (χ2n) is 5.69. The number of hydrazine groups is 1. The average Bonchev–Trinajstić information content (AvgIpc) is 3.36. The lowest BCUT2D eigenvalue weighted by Crippen LogP contribution is -2.43. The third kappa shape index (κ3) is 3.77. The molecule has 1 unspecified atom stereocenters. The molecular formula is C13H11F4N8O3P. The second kappa shape index (κ2) is 7.27. The highest BCUT2D eigenvalue weighted by Crippen LogP contribution is 2.36. The highest BCUT2D eigenvalue weighted by atomic mass is 31.2. The molecule has 16 heteroatoms. The molecule has 0 bridgehead atoms. The number of amidine groups is 1. The van der Waals surface area contributed by atoms with E-state index >= 15 is 0 Å². The Hall–Kier alpha value is -2.71. The molecule has 0 spiro atoms. The third-order valence-electron chi connectivity index (χ3n) is 3.85. The summed E-state index contributed by atoms with van der Waals surface area (Å²) in [5, 5.41) is 0.864. The Morgan fingerprint density at radius 2 is 2.07 bits per heavy atom. The Labute approximate surface area is 159 Å². The van der Waals surface area contributed by atoms with Gasteiger partial charge in [0.05, 0.1) is 36.3 Å². The van der Waals surface area contributed by atoms with Crippen molar-refractivity contribution in [2.45, 2.75) is 12.3 Å². The van der Waals surface area contributed by atoms with E-state index in [0.717, 1.165) is 17.4 Å². The summed E-state index contributed by atoms with van der Waals surface area (Å²) in [4.78, 5) is 36.2. The Bertz CT molecular complexity index is 1050. The van der Waals surface area contributed by atoms with Crippen molar-refractivity contribution < 1.29 is 31.9 Å². The van der Waals surface area contributed by atoms with Gasteiger partial charge in [-0.05, 0) is 0 Å². The van der Waals surface area contributed by atoms with Crippen molar-refractivity contribution in [1.29, 1.82) is 0 Å². The van der Waals surface area contributed by atoms with E-state index in [9.17, 15) is 17.6 Å². The van der Waals surface area contributed by atoms with E-state index in [2.05, 4.69) is 29.5 Å². The van der Waals surface area contributed by atoms with E-state index in [1.54, 1.807) is 0 Å². The molecule has 4 heterocycles. The van der Waals surface area contributed by atoms with Crippen LogP contribution in [0.5, 0.6) is 0 Å². The first kappa shape index (κ1) is 19.6. The predicted molar refractivity (Wildman–Crippen MR) is 89.0 cm³/mol. The van der Waals surface area contributed by atoms with Crippen molar-refractivity contribution in [3.8, 4) is 11.4 Å². The summed E-state index contributed by atoms with van der Waals surface area (Å²) in [7, 11) is -2.83. The maximum absolute atomic E-state index is 13.7. The highest BCUT2D eigenvalue weighted by molar-refractivity contribution is 7.39. The van der Waals surface area contributed by atoms with E-state index in [-0.39, 0.29) is 17.2 Å². The van der Waals surface area contributed by atoms with Crippen LogP contribution >= 0.6 is 8.60 Å². The zero-order valence-corrected chi connectivity index (χ0v) is 14.9. The van der Waals surface area contributed by atoms with Crippen LogP contribution in [0.25, 0.3) is 17.2 Å². The topological polar surface area (TPSA) is 136 Å². The van der Waals surface area contributed by atoms with Crippen LogP contribution in [-0.4, -0.2) is 57.9 Å². The van der Waals surface area contributed by atoms with Gasteiger partial charge in [-0.25, -0.2) is 24.3 Å². The number of nitrogens with zero attached hydrogens (tertiary/aromatic N) is 6. The summed E-state index contributed by atoms with van der Waals surface area (Å²) in [6.07, 6.45) is -1.54. The minimum Gasteiger partial charge on any atom is -0.343 e. The minimum atomic E-state index is -4.81. The van der Waals surface area contributed by atoms with Gasteiger partial charge in [0.15, 0.2) is 12.0 Å². The molecule has 0 saturated carbocycles. The number of fused-ring (bicyclic) bond motifs is 1. The zero-order valence-electron chi connectivity index (χ0n) is 14.0. The van der Waals surface area contributed by atoms with Crippen LogP contribution in [0.3, 0.4) is 0 Å². The summed E-state index contributed by atoms with van der Waals surface area (Å²) < 4.78 is 59.2. The lowest BCUT2D eigenvalue weighted by Gasteiger charge is -2.22. The van der Waals surface area contributed by atoms with Gasteiger partial charge in [0.25, 0.3) is 0 Å². The molecule has 0 aliphatic carbocycles. The number of aromatic amines is 1. The second-order valence-corrected chi connectivity index (χ2v) is 6.46. The van der Waals surface area contributed by atoms with Crippen molar-refractivity contribution in [2.75, 3.05) is 6.73 Å². The maximum Gasteiger partial charge on any atom is 0.450 e. The first-order valence-electron chi connectivity index (χ1n) is 7.75. The normalized spacial score (nSPS) is 17.9. The number of halogens is 4. The SMILES string of the molecule is OP(O)OCN1NC(C(F)(F)F)=NC1c1nc2ncc(F)cn2c1-c1cnc[nH]1. The zero-order chi connectivity index (χ0) is 20.8. The molecule has 4 N–H and O–H groups in total. The molecule has 3 aromatic heterocycles. The number of alkyl halides is 3. The van der Waals surface area contributed by atoms with E-state index in [4.69, 9.17) is 9.79 Å². The van der Waals surface area contributed by atoms with Gasteiger partial charge in [0.2, 0.25) is 11.6 Å². The lowest BCUT2D eigenvalue weighted by molar-refractivity contribution is -0.0643. The highest BCUT2D eigenvalue weighted by Gasteiger charge is 2.45. The van der Waals surface area contributed by atoms with Crippen molar-refractivity contribution >= 4 is 20.2 Å². The van der Waals surface area contributed by atoms with Crippen LogP contribution in [0, 0.1) is 5.82 Å². The monoisotopic (exact) mass is 434 g/mol. The van der Waals surface area contributed by atoms with E-state index in [0.29, 0.717) is 5.69 Å². The minimum absolute atomic E-state index is 0.00842. The molecule has 0 amide bonds. The number of aliphatic imine (C=N–C) groups is 1. The van der Waals surface area contributed by atoms with Crippen LogP contribution in [-0.2, 0) is 4.52 Å². The number of H-pyrrole nitrogens is 1. The van der Waals surface area contributed by atoms with Crippen molar-refractivity contribution in [3.63, 3.8) is 0 Å². The molecule has 3 aromatic rings. The molecule has 0 fully saturated rings. The van der Waals surface area contributed by atoms with Gasteiger partial charge in [-0.1, -0.05) is 0 Å². The number of hydrogen-bond acceptors (Lipinski definition) is 9. The summed E-state index contributed by atoms with van der Waals surface area (Å²) in [5.41, 5.74) is 2.48. The van der Waals surface area contributed by atoms with Gasteiger partial charge in [-0.2, -0.15) is 18.2 Å². The van der Waals surface area contributed by atoms with E-state index in [1.807, 2.05) is 5.43 Å². The van der Waals surface area contributed by atoms with Crippen LogP contribution < -0.4 is 5.43 Å². The molecule has 1 aliphatic heterocycles. The van der Waals surface area contributed by atoms with Crippen LogP contribution in [0.4, 0.5) is 17.6 Å². The average molecular weight is 434 g/mol. The molecule has 154 valence electrons. The van der Waals surface area contributed by atoms with Crippen molar-refractivity contribution in [3.05, 3.63) is 36.4 Å². The third-order valence-corrected chi connectivity index (χ3v) is 4.20. The number of hydrogen-bond donors (Lipinski definition) is 4. The van der Waals surface area contributed by atoms with Gasteiger partial charge in [-0.3, -0.25) is 14.4 Å². The Morgan fingerprint density at radius 3 is 2.72 bits per heavy atom. The molecule has 0 radical (unpaired) electrons. The first-order valence-corrected chi connectivity index (χ1v) is 8.92. The summed E-state index contributed by atoms with van der Waals surface area (Å²) >= 11 is 0. The number of imidazole rings is 2. The van der Waals surface area contributed by atoms with E-state index in [1.165, 1.54) is 16.9 Å². The van der Waals surface area contributed by atoms with Crippen LogP contribution in [0.15, 0.2) is 29.9 Å². The Kier molecular flexibility index (Phi) is 4.92. The molecule has 29 heavy (non-hydrogen) atoms. The van der Waals surface area contributed by atoms with E-state index < -0.39 is 39.3 Å². The Balaban J connectivity index is 1.86. The molecule has 0 saturated heterocycles. The predicted octanol–water partition coefficient (Wildman–Crippen LogP) is 1.22. The Morgan fingerprint density at radius 1 is 1.28 bits per heavy atom. The van der Waals surface area contributed by atoms with Gasteiger partial charge >= 0.3 is 14.8 Å². The molecule has 0 aromatic carbocycles. The number of rotatable bonds is 5. The van der Waals surface area contributed by atoms with Crippen molar-refractivity contribution in [2.24, 2.45) is 4.99 Å². The van der Waals surface area contributed by atoms with Gasteiger partial charge in [0, 0.05) is 0 Å². The van der Waals surface area contributed by atoms with Crippen molar-refractivity contribution in [1.82, 2.24) is 34.8 Å². The standard InChI is InChI=1S/C13H11F4N8O3P/c14-6-1-19-12-21-8(9(24(12)3-6)7-2-18-4-20-7)10-22-11(13(15,16)17)23-25(10)5-28-29(26)27/h1-4,10,26-27H,5H2,(H,18,20)(H,22,23). The largest absolute Gasteiger partial charge is 0.450 e. The molecule has 11 nitrogen and oxygen atoms in total. The molecule has 1 aliphatic rings. The maximum atomic E-state index is 13.7. The molecule has 1 atom stereocenters. The first-order chi connectivity index (χ1) is 13.7. The fourth-order valence-electron chi connectivity index (χ4n) is 2.74. The molecular weight excluding hydrogens is 423 g/mol. The van der Waals surface area contributed by atoms with Crippen LogP contribution in [0.2, 0.25) is 0 Å². The number of nitrogens with one attached hydrogen (secondary N) is 2. The van der Waals surface area contributed by atoms with Gasteiger partial charge in [-0.15, -0.1) is 0 Å². The lowest BCUT2D eigenvalue weighted by atomic mass is 10.2.